The van der Waals surface area contributed by atoms with Crippen LogP contribution in [-0.4, -0.2) is 19.9 Å². The van der Waals surface area contributed by atoms with Crippen molar-refractivity contribution >= 4 is 25.6 Å². The van der Waals surface area contributed by atoms with Crippen molar-refractivity contribution < 1.29 is 14.3 Å². The van der Waals surface area contributed by atoms with Gasteiger partial charge >= 0.3 is 0 Å². The van der Waals surface area contributed by atoms with Gasteiger partial charge in [-0.3, -0.25) is 14.5 Å². The number of hydrogen-bond donors (Lipinski definition) is 0. The average Bonchev–Trinajstić information content (AvgIpc) is 3.21. The molecular weight excluding hydrogens is 390 g/mol. The van der Waals surface area contributed by atoms with Crippen molar-refractivity contribution in [2.45, 2.75) is 64.6 Å². The van der Waals surface area contributed by atoms with E-state index in [1.54, 1.807) is 0 Å². The first kappa shape index (κ1) is 21.1. The monoisotopic (exact) mass is 423 g/mol. The predicted molar refractivity (Wildman–Crippen MR) is 122 cm³/mol. The number of para-hydroxylation sites is 1. The Morgan fingerprint density at radius 3 is 2.10 bits per heavy atom. The van der Waals surface area contributed by atoms with Gasteiger partial charge in [0, 0.05) is 0 Å². The molecular formula is C25H33NO3Si. The summed E-state index contributed by atoms with van der Waals surface area (Å²) in [5, 5.41) is 1.12. The van der Waals surface area contributed by atoms with Crippen molar-refractivity contribution in [1.82, 2.24) is 0 Å². The molecule has 0 aromatic heterocycles. The van der Waals surface area contributed by atoms with Crippen LogP contribution >= 0.6 is 0 Å². The van der Waals surface area contributed by atoms with Crippen LogP contribution < -0.4 is 4.90 Å². The van der Waals surface area contributed by atoms with Crippen molar-refractivity contribution in [3.63, 3.8) is 0 Å². The highest BCUT2D eigenvalue weighted by atomic mass is 28.3. The molecule has 4 nitrogen and oxygen atoms in total. The molecule has 3 aliphatic rings. The Morgan fingerprint density at radius 1 is 0.933 bits per heavy atom. The van der Waals surface area contributed by atoms with Crippen LogP contribution in [0.5, 0.6) is 0 Å². The number of ether oxygens (including phenoxy) is 1. The Bertz CT molecular complexity index is 894. The molecule has 160 valence electrons. The van der Waals surface area contributed by atoms with Crippen LogP contribution in [0.15, 0.2) is 53.6 Å². The molecule has 2 aliphatic heterocycles. The van der Waals surface area contributed by atoms with Gasteiger partial charge in [0.1, 0.15) is 13.8 Å². The summed E-state index contributed by atoms with van der Waals surface area (Å²) >= 11 is 0. The summed E-state index contributed by atoms with van der Waals surface area (Å²) in [6.07, 6.45) is 4.87. The fourth-order valence-corrected chi connectivity index (χ4v) is 13.0. The number of carbonyl (C=O) groups is 2. The molecule has 1 aromatic carbocycles. The molecule has 1 aromatic rings. The van der Waals surface area contributed by atoms with E-state index >= 15 is 0 Å². The number of nitrogens with zero attached hydrogens (tertiary/aromatic N) is 1. The predicted octanol–water partition coefficient (Wildman–Crippen LogP) is 5.83. The van der Waals surface area contributed by atoms with E-state index < -0.39 is 8.07 Å². The van der Waals surface area contributed by atoms with E-state index in [1.165, 1.54) is 4.90 Å². The molecule has 1 saturated heterocycles. The zero-order chi connectivity index (χ0) is 21.8. The summed E-state index contributed by atoms with van der Waals surface area (Å²) in [5.74, 6) is -0.0346. The summed E-state index contributed by atoms with van der Waals surface area (Å²) in [5.41, 5.74) is 2.26. The van der Waals surface area contributed by atoms with Gasteiger partial charge in [-0.25, -0.2) is 0 Å². The first-order valence-electron chi connectivity index (χ1n) is 11.2. The second-order valence-corrected chi connectivity index (χ2v) is 15.7. The van der Waals surface area contributed by atoms with E-state index in [4.69, 9.17) is 4.74 Å². The standard InChI is InChI=1S/C25H33NO3Si/c1-15(2)30(16(3)4,17(5)6)22-14-20-21(29-22)13-12-19-23(20)25(28)26(24(19)27)18-10-8-7-9-11-18/h7-11,13-17,19-20,23H,12H2,1-6H3/t19-,20+,23-/m0/s1. The van der Waals surface area contributed by atoms with Crippen molar-refractivity contribution in [1.29, 1.82) is 0 Å². The largest absolute Gasteiger partial charge is 0.471 e. The van der Waals surface area contributed by atoms with E-state index in [9.17, 15) is 9.59 Å². The summed E-state index contributed by atoms with van der Waals surface area (Å²) in [4.78, 5) is 28.0. The quantitative estimate of drug-likeness (QED) is 0.442. The molecule has 3 atom stereocenters. The van der Waals surface area contributed by atoms with Gasteiger partial charge in [-0.2, -0.15) is 0 Å². The van der Waals surface area contributed by atoms with Crippen molar-refractivity contribution in [2.75, 3.05) is 4.90 Å². The Balaban J connectivity index is 1.74. The lowest BCUT2D eigenvalue weighted by molar-refractivity contribution is -0.122. The zero-order valence-electron chi connectivity index (χ0n) is 18.9. The summed E-state index contributed by atoms with van der Waals surface area (Å²) in [7, 11) is -1.96. The van der Waals surface area contributed by atoms with Gasteiger partial charge in [0.05, 0.1) is 28.8 Å². The third-order valence-electron chi connectivity index (χ3n) is 7.63. The average molecular weight is 424 g/mol. The van der Waals surface area contributed by atoms with Crippen molar-refractivity contribution in [3.8, 4) is 0 Å². The maximum Gasteiger partial charge on any atom is 0.238 e. The number of benzene rings is 1. The van der Waals surface area contributed by atoms with Gasteiger partial charge in [0.15, 0.2) is 0 Å². The van der Waals surface area contributed by atoms with Crippen LogP contribution in [-0.2, 0) is 14.3 Å². The first-order chi connectivity index (χ1) is 14.2. The highest BCUT2D eigenvalue weighted by Crippen LogP contribution is 2.54. The molecule has 5 heteroatoms. The first-order valence-corrected chi connectivity index (χ1v) is 13.5. The van der Waals surface area contributed by atoms with Crippen LogP contribution in [0.4, 0.5) is 5.69 Å². The molecule has 4 rings (SSSR count). The molecule has 0 N–H and O–H groups in total. The van der Waals surface area contributed by atoms with Gasteiger partial charge in [-0.15, -0.1) is 0 Å². The summed E-state index contributed by atoms with van der Waals surface area (Å²) in [6.45, 7) is 13.9. The smallest absolute Gasteiger partial charge is 0.238 e. The van der Waals surface area contributed by atoms with Gasteiger partial charge < -0.3 is 4.74 Å². The third-order valence-corrected chi connectivity index (χ3v) is 14.5. The van der Waals surface area contributed by atoms with Gasteiger partial charge in [0.25, 0.3) is 0 Å². The molecule has 30 heavy (non-hydrogen) atoms. The van der Waals surface area contributed by atoms with Gasteiger partial charge in [-0.05, 0) is 47.3 Å². The molecule has 0 saturated carbocycles. The summed E-state index contributed by atoms with van der Waals surface area (Å²) < 4.78 is 6.55. The SMILES string of the molecule is CC(C)[Si](C1=C[C@@H]2C(=CC[C@@H]3C(=O)N(c4ccccc4)C(=O)[C@H]23)O1)(C(C)C)C(C)C. The Kier molecular flexibility index (Phi) is 5.29. The molecule has 0 unspecified atom stereocenters. The lowest BCUT2D eigenvalue weighted by Gasteiger charge is -2.42. The number of allylic oxidation sites excluding steroid dienone is 2. The molecule has 1 aliphatic carbocycles. The molecule has 1 fully saturated rings. The number of hydrogen-bond acceptors (Lipinski definition) is 3. The van der Waals surface area contributed by atoms with Crippen LogP contribution in [0.2, 0.25) is 16.6 Å². The van der Waals surface area contributed by atoms with Crippen LogP contribution in [0, 0.1) is 17.8 Å². The zero-order valence-corrected chi connectivity index (χ0v) is 19.9. The van der Waals surface area contributed by atoms with E-state index in [1.807, 2.05) is 30.3 Å². The van der Waals surface area contributed by atoms with Crippen LogP contribution in [0.1, 0.15) is 48.0 Å². The maximum atomic E-state index is 13.5. The second-order valence-electron chi connectivity index (χ2n) is 9.88. The third kappa shape index (κ3) is 2.85. The topological polar surface area (TPSA) is 46.6 Å². The molecule has 0 bridgehead atoms. The number of rotatable bonds is 5. The van der Waals surface area contributed by atoms with Crippen LogP contribution in [0.3, 0.4) is 0 Å². The van der Waals surface area contributed by atoms with Gasteiger partial charge in [-0.1, -0.05) is 59.7 Å². The fourth-order valence-electron chi connectivity index (χ4n) is 6.49. The maximum absolute atomic E-state index is 13.5. The minimum Gasteiger partial charge on any atom is -0.471 e. The second kappa shape index (κ2) is 7.52. The number of amides is 2. The number of fused-ring (bicyclic) bond motifs is 3. The lowest BCUT2D eigenvalue weighted by Crippen LogP contribution is -2.47. The summed E-state index contributed by atoms with van der Waals surface area (Å²) in [6, 6.07) is 9.30. The number of anilines is 1. The molecule has 2 heterocycles. The number of imide groups is 1. The molecule has 2 amide bonds. The highest BCUT2D eigenvalue weighted by molar-refractivity contribution is 6.89. The van der Waals surface area contributed by atoms with Crippen molar-refractivity contribution in [3.05, 3.63) is 53.6 Å². The molecule has 0 radical (unpaired) electrons. The van der Waals surface area contributed by atoms with Gasteiger partial charge in [0.2, 0.25) is 11.8 Å². The minimum absolute atomic E-state index is 0.0755. The lowest BCUT2D eigenvalue weighted by atomic mass is 9.77. The Labute approximate surface area is 181 Å². The van der Waals surface area contributed by atoms with E-state index in [-0.39, 0.29) is 29.6 Å². The van der Waals surface area contributed by atoms with E-state index in [0.717, 1.165) is 11.1 Å². The van der Waals surface area contributed by atoms with E-state index in [2.05, 4.69) is 53.7 Å². The minimum atomic E-state index is -1.96. The Morgan fingerprint density at radius 2 is 1.53 bits per heavy atom. The number of carbonyl (C=O) groups excluding carboxylic acids is 2. The van der Waals surface area contributed by atoms with Crippen molar-refractivity contribution in [2.24, 2.45) is 17.8 Å². The van der Waals surface area contributed by atoms with Crippen LogP contribution in [0.25, 0.3) is 0 Å². The fraction of sp³-hybridized carbons (Fsp3) is 0.520. The van der Waals surface area contributed by atoms with E-state index in [0.29, 0.717) is 28.7 Å². The highest BCUT2D eigenvalue weighted by Gasteiger charge is 2.57. The molecule has 0 spiro atoms. The Hall–Kier alpha value is -2.14. The normalized spacial score (nSPS) is 26.2.